The largest absolute Gasteiger partial charge is 0.382 e. The van der Waals surface area contributed by atoms with Gasteiger partial charge in [0.15, 0.2) is 0 Å². The van der Waals surface area contributed by atoms with Crippen LogP contribution in [0.15, 0.2) is 65.7 Å². The number of hydrogen-bond donors (Lipinski definition) is 2. The van der Waals surface area contributed by atoms with Crippen molar-refractivity contribution in [1.82, 2.24) is 4.98 Å². The molecule has 0 saturated carbocycles. The first-order valence-electron chi connectivity index (χ1n) is 8.26. The van der Waals surface area contributed by atoms with E-state index in [2.05, 4.69) is 9.71 Å². The van der Waals surface area contributed by atoms with Crippen molar-refractivity contribution < 1.29 is 17.9 Å². The average molecular weight is 386 g/mol. The smallest absolute Gasteiger partial charge is 0.264 e. The van der Waals surface area contributed by atoms with E-state index in [1.807, 2.05) is 0 Å². The maximum Gasteiger partial charge on any atom is 0.264 e. The van der Waals surface area contributed by atoms with Crippen LogP contribution in [0.5, 0.6) is 0 Å². The summed E-state index contributed by atoms with van der Waals surface area (Å²) in [5.41, 5.74) is 2.45. The van der Waals surface area contributed by atoms with Gasteiger partial charge in [0.25, 0.3) is 10.0 Å². The first-order valence-corrected chi connectivity index (χ1v) is 9.75. The molecular formula is C20H19FN2O3S. The Hall–Kier alpha value is -2.77. The number of halogens is 1. The van der Waals surface area contributed by atoms with E-state index >= 15 is 0 Å². The van der Waals surface area contributed by atoms with E-state index in [0.29, 0.717) is 22.4 Å². The van der Waals surface area contributed by atoms with Crippen LogP contribution >= 0.6 is 0 Å². The van der Waals surface area contributed by atoms with Gasteiger partial charge in [-0.15, -0.1) is 0 Å². The fraction of sp³-hybridized carbons (Fsp3) is 0.150. The minimum atomic E-state index is -4.11. The topological polar surface area (TPSA) is 79.3 Å². The second-order valence-corrected chi connectivity index (χ2v) is 7.92. The third-order valence-corrected chi connectivity index (χ3v) is 5.57. The predicted molar refractivity (Wildman–Crippen MR) is 101 cm³/mol. The van der Waals surface area contributed by atoms with Gasteiger partial charge in [0.1, 0.15) is 16.8 Å². The van der Waals surface area contributed by atoms with Crippen LogP contribution in [0.1, 0.15) is 28.5 Å². The third kappa shape index (κ3) is 4.15. The van der Waals surface area contributed by atoms with Crippen LogP contribution in [-0.4, -0.2) is 18.5 Å². The summed E-state index contributed by atoms with van der Waals surface area (Å²) in [6, 6.07) is 14.0. The van der Waals surface area contributed by atoms with Gasteiger partial charge in [0, 0.05) is 6.20 Å². The second kappa shape index (κ2) is 7.46. The highest BCUT2D eigenvalue weighted by molar-refractivity contribution is 7.92. The lowest BCUT2D eigenvalue weighted by molar-refractivity contribution is 0.215. The second-order valence-electron chi connectivity index (χ2n) is 6.27. The summed E-state index contributed by atoms with van der Waals surface area (Å²) in [4.78, 5) is 3.68. The van der Waals surface area contributed by atoms with Gasteiger partial charge >= 0.3 is 0 Å². The van der Waals surface area contributed by atoms with Gasteiger partial charge in [-0.3, -0.25) is 9.71 Å². The molecule has 2 N–H and O–H groups in total. The van der Waals surface area contributed by atoms with Gasteiger partial charge in [-0.1, -0.05) is 24.3 Å². The van der Waals surface area contributed by atoms with E-state index in [1.165, 1.54) is 24.3 Å². The fourth-order valence-electron chi connectivity index (χ4n) is 2.65. The molecule has 0 saturated heterocycles. The van der Waals surface area contributed by atoms with E-state index < -0.39 is 26.8 Å². The SMILES string of the molecule is Cc1ccc(S(=O)(=O)Nc2cc(C(O)c3ccccn3)ccc2C)c(F)c1. The van der Waals surface area contributed by atoms with E-state index in [4.69, 9.17) is 0 Å². The molecule has 3 aromatic rings. The van der Waals surface area contributed by atoms with Gasteiger partial charge in [-0.25, -0.2) is 12.8 Å². The highest BCUT2D eigenvalue weighted by Crippen LogP contribution is 2.27. The number of aliphatic hydroxyl groups excluding tert-OH is 1. The summed E-state index contributed by atoms with van der Waals surface area (Å²) in [5, 5.41) is 10.5. The van der Waals surface area contributed by atoms with Crippen LogP contribution in [0.4, 0.5) is 10.1 Å². The molecule has 0 radical (unpaired) electrons. The minimum Gasteiger partial charge on any atom is -0.382 e. The molecular weight excluding hydrogens is 367 g/mol. The van der Waals surface area contributed by atoms with E-state index in [-0.39, 0.29) is 5.69 Å². The molecule has 1 heterocycles. The number of hydrogen-bond acceptors (Lipinski definition) is 4. The van der Waals surface area contributed by atoms with Crippen molar-refractivity contribution in [2.24, 2.45) is 0 Å². The van der Waals surface area contributed by atoms with Gasteiger partial charge in [-0.05, 0) is 60.9 Å². The zero-order valence-corrected chi connectivity index (χ0v) is 15.7. The number of anilines is 1. The molecule has 0 amide bonds. The zero-order chi connectivity index (χ0) is 19.6. The van der Waals surface area contributed by atoms with Crippen LogP contribution in [0.25, 0.3) is 0 Å². The number of nitrogens with zero attached hydrogens (tertiary/aromatic N) is 1. The zero-order valence-electron chi connectivity index (χ0n) is 14.8. The number of aromatic nitrogens is 1. The first-order chi connectivity index (χ1) is 12.8. The Bertz CT molecular complexity index is 1070. The molecule has 1 unspecified atom stereocenters. The van der Waals surface area contributed by atoms with Crippen LogP contribution < -0.4 is 4.72 Å². The molecule has 5 nitrogen and oxygen atoms in total. The molecule has 1 aromatic heterocycles. The Morgan fingerprint density at radius 3 is 2.52 bits per heavy atom. The van der Waals surface area contributed by atoms with Crippen LogP contribution in [0, 0.1) is 19.7 Å². The Balaban J connectivity index is 1.95. The molecule has 3 rings (SSSR count). The van der Waals surface area contributed by atoms with Crippen molar-refractivity contribution in [2.75, 3.05) is 4.72 Å². The molecule has 0 aliphatic carbocycles. The van der Waals surface area contributed by atoms with Crippen molar-refractivity contribution in [3.63, 3.8) is 0 Å². The van der Waals surface area contributed by atoms with Crippen molar-refractivity contribution >= 4 is 15.7 Å². The molecule has 0 aliphatic rings. The third-order valence-electron chi connectivity index (χ3n) is 4.17. The first kappa shape index (κ1) is 19.0. The number of sulfonamides is 1. The Morgan fingerprint density at radius 1 is 1.07 bits per heavy atom. The maximum absolute atomic E-state index is 14.1. The Kier molecular flexibility index (Phi) is 5.25. The summed E-state index contributed by atoms with van der Waals surface area (Å²) in [6.45, 7) is 3.40. The number of rotatable bonds is 5. The van der Waals surface area contributed by atoms with Gasteiger partial charge < -0.3 is 5.11 Å². The highest BCUT2D eigenvalue weighted by Gasteiger charge is 2.21. The summed E-state index contributed by atoms with van der Waals surface area (Å²) in [7, 11) is -4.11. The highest BCUT2D eigenvalue weighted by atomic mass is 32.2. The summed E-state index contributed by atoms with van der Waals surface area (Å²) < 4.78 is 41.7. The minimum absolute atomic E-state index is 0.266. The molecule has 0 spiro atoms. The Morgan fingerprint density at radius 2 is 1.85 bits per heavy atom. The van der Waals surface area contributed by atoms with Crippen molar-refractivity contribution in [3.8, 4) is 0 Å². The number of benzene rings is 2. The molecule has 2 aromatic carbocycles. The van der Waals surface area contributed by atoms with Crippen molar-refractivity contribution in [1.29, 1.82) is 0 Å². The molecule has 0 aliphatic heterocycles. The molecule has 7 heteroatoms. The van der Waals surface area contributed by atoms with Crippen LogP contribution in [0.2, 0.25) is 0 Å². The van der Waals surface area contributed by atoms with Crippen molar-refractivity contribution in [2.45, 2.75) is 24.8 Å². The monoisotopic (exact) mass is 386 g/mol. The summed E-state index contributed by atoms with van der Waals surface area (Å²) in [6.07, 6.45) is 0.558. The summed E-state index contributed by atoms with van der Waals surface area (Å²) in [5.74, 6) is -0.815. The Labute approximate surface area is 157 Å². The summed E-state index contributed by atoms with van der Waals surface area (Å²) >= 11 is 0. The van der Waals surface area contributed by atoms with Gasteiger partial charge in [-0.2, -0.15) is 0 Å². The molecule has 140 valence electrons. The van der Waals surface area contributed by atoms with Crippen molar-refractivity contribution in [3.05, 3.63) is 89.0 Å². The molecule has 27 heavy (non-hydrogen) atoms. The van der Waals surface area contributed by atoms with E-state index in [0.717, 1.165) is 0 Å². The average Bonchev–Trinajstić information content (AvgIpc) is 2.63. The molecule has 0 bridgehead atoms. The quantitative estimate of drug-likeness (QED) is 0.700. The number of aliphatic hydroxyl groups is 1. The standard InChI is InChI=1S/C20H19FN2O3S/c1-13-6-9-19(16(21)11-13)27(25,26)23-18-12-15(8-7-14(18)2)20(24)17-5-3-4-10-22-17/h3-12,20,23-24H,1-2H3. The van der Waals surface area contributed by atoms with Crippen LogP contribution in [-0.2, 0) is 10.0 Å². The van der Waals surface area contributed by atoms with Gasteiger partial charge in [0.05, 0.1) is 11.4 Å². The number of nitrogens with one attached hydrogen (secondary N) is 1. The van der Waals surface area contributed by atoms with E-state index in [1.54, 1.807) is 50.4 Å². The number of pyridine rings is 1. The fourth-order valence-corrected chi connectivity index (χ4v) is 3.83. The van der Waals surface area contributed by atoms with Crippen LogP contribution in [0.3, 0.4) is 0 Å². The lowest BCUT2D eigenvalue weighted by Crippen LogP contribution is -2.16. The van der Waals surface area contributed by atoms with E-state index in [9.17, 15) is 17.9 Å². The van der Waals surface area contributed by atoms with Gasteiger partial charge in [0.2, 0.25) is 0 Å². The predicted octanol–water partition coefficient (Wildman–Crippen LogP) is 3.72. The molecule has 0 fully saturated rings. The lowest BCUT2D eigenvalue weighted by atomic mass is 10.0. The lowest BCUT2D eigenvalue weighted by Gasteiger charge is -2.15. The number of aryl methyl sites for hydroxylation is 2. The maximum atomic E-state index is 14.1. The molecule has 1 atom stereocenters. The normalized spacial score (nSPS) is 12.6.